The molecule has 0 radical (unpaired) electrons. The molecule has 0 amide bonds. The second kappa shape index (κ2) is 22.8. The number of esters is 7. The van der Waals surface area contributed by atoms with Gasteiger partial charge in [0.15, 0.2) is 0 Å². The first kappa shape index (κ1) is 54.2. The van der Waals surface area contributed by atoms with Crippen LogP contribution in [-0.4, -0.2) is 85.5 Å². The number of carbonyl (C=O) groups is 7. The minimum absolute atomic E-state index is 0. The number of rotatable bonds is 8. The lowest BCUT2D eigenvalue weighted by atomic mass is 9.48. The van der Waals surface area contributed by atoms with Crippen molar-refractivity contribution >= 4 is 41.8 Å². The fraction of sp³-hybridized carbons (Fsp3) is 0.868. The summed E-state index contributed by atoms with van der Waals surface area (Å²) in [5.41, 5.74) is -1.63. The maximum Gasteiger partial charge on any atom is 0.312 e. The van der Waals surface area contributed by atoms with Crippen LogP contribution >= 0.6 is 0 Å². The largest absolute Gasteiger partial charge is 0.462 e. The summed E-state index contributed by atoms with van der Waals surface area (Å²) in [5.74, 6) is 7.49. The van der Waals surface area contributed by atoms with Gasteiger partial charge < -0.3 is 33.2 Å². The second-order valence-electron chi connectivity index (χ2n) is 22.5. The van der Waals surface area contributed by atoms with Crippen LogP contribution in [-0.2, 0) is 66.7 Å². The minimum Gasteiger partial charge on any atom is -0.462 e. The van der Waals surface area contributed by atoms with Crippen LogP contribution < -0.4 is 0 Å². The molecular formula is C53H84O14. The number of cyclic esters (lactones) is 3. The van der Waals surface area contributed by atoms with E-state index in [9.17, 15) is 33.6 Å². The summed E-state index contributed by atoms with van der Waals surface area (Å²) in [7, 11) is 0. The van der Waals surface area contributed by atoms with Crippen molar-refractivity contribution in [1.29, 1.82) is 0 Å². The molecule has 0 spiro atoms. The third kappa shape index (κ3) is 13.5. The molecular weight excluding hydrogens is 861 g/mol. The monoisotopic (exact) mass is 945 g/mol. The summed E-state index contributed by atoms with van der Waals surface area (Å²) in [5, 5.41) is 0. The van der Waals surface area contributed by atoms with E-state index in [0.29, 0.717) is 24.7 Å². The van der Waals surface area contributed by atoms with Gasteiger partial charge in [-0.3, -0.25) is 33.6 Å². The van der Waals surface area contributed by atoms with E-state index in [0.717, 1.165) is 85.9 Å². The van der Waals surface area contributed by atoms with Crippen molar-refractivity contribution in [2.75, 3.05) is 19.8 Å². The predicted molar refractivity (Wildman–Crippen MR) is 247 cm³/mol. The summed E-state index contributed by atoms with van der Waals surface area (Å²) >= 11 is 0. The van der Waals surface area contributed by atoms with Gasteiger partial charge in [-0.2, -0.15) is 0 Å². The van der Waals surface area contributed by atoms with E-state index < -0.39 is 22.5 Å². The summed E-state index contributed by atoms with van der Waals surface area (Å²) in [4.78, 5) is 79.1. The van der Waals surface area contributed by atoms with Crippen LogP contribution in [0.1, 0.15) is 179 Å². The molecule has 11 aliphatic rings. The highest BCUT2D eigenvalue weighted by Gasteiger charge is 2.63. The van der Waals surface area contributed by atoms with Crippen molar-refractivity contribution in [2.45, 2.75) is 203 Å². The molecule has 8 aliphatic carbocycles. The zero-order valence-electron chi connectivity index (χ0n) is 41.4. The van der Waals surface area contributed by atoms with Crippen molar-refractivity contribution in [3.05, 3.63) is 0 Å². The van der Waals surface area contributed by atoms with Crippen LogP contribution in [0.15, 0.2) is 0 Å². The normalized spacial score (nSPS) is 38.7. The molecule has 14 heteroatoms. The third-order valence-electron chi connectivity index (χ3n) is 17.5. The molecule has 0 aromatic rings. The van der Waals surface area contributed by atoms with Crippen LogP contribution in [0.4, 0.5) is 0 Å². The molecule has 14 nitrogen and oxygen atoms in total. The molecule has 13 atom stereocenters. The van der Waals surface area contributed by atoms with Crippen molar-refractivity contribution in [3.63, 3.8) is 0 Å². The smallest absolute Gasteiger partial charge is 0.312 e. The highest BCUT2D eigenvalue weighted by atomic mass is 16.6. The quantitative estimate of drug-likeness (QED) is 0.166. The fourth-order valence-electron chi connectivity index (χ4n) is 13.2. The first-order valence-electron chi connectivity index (χ1n) is 25.4. The molecule has 3 saturated heterocycles. The number of hydrogen-bond donors (Lipinski definition) is 0. The van der Waals surface area contributed by atoms with Crippen molar-refractivity contribution < 1.29 is 66.7 Å². The van der Waals surface area contributed by atoms with Gasteiger partial charge in [0.1, 0.15) is 43.7 Å². The Kier molecular flexibility index (Phi) is 18.5. The summed E-state index contributed by atoms with van der Waals surface area (Å²) in [6, 6.07) is 0. The van der Waals surface area contributed by atoms with Gasteiger partial charge in [-0.25, -0.2) is 0 Å². The molecule has 8 bridgehead atoms. The minimum atomic E-state index is -0.577. The Morgan fingerprint density at radius 1 is 0.612 bits per heavy atom. The molecule has 3 heterocycles. The first-order valence-corrected chi connectivity index (χ1v) is 25.4. The molecule has 67 heavy (non-hydrogen) atoms. The summed E-state index contributed by atoms with van der Waals surface area (Å²) in [6.45, 7) is 19.2. The summed E-state index contributed by atoms with van der Waals surface area (Å²) in [6.07, 6.45) is 14.7. The van der Waals surface area contributed by atoms with Crippen molar-refractivity contribution in [1.82, 2.24) is 0 Å². The lowest BCUT2D eigenvalue weighted by Gasteiger charge is -2.60. The second-order valence-corrected chi connectivity index (χ2v) is 22.5. The molecule has 8 saturated carbocycles. The van der Waals surface area contributed by atoms with Crippen LogP contribution in [0.3, 0.4) is 0 Å². The molecule has 0 N–H and O–H groups in total. The van der Waals surface area contributed by atoms with Gasteiger partial charge in [0, 0.05) is 19.8 Å². The summed E-state index contributed by atoms with van der Waals surface area (Å²) < 4.78 is 35.4. The Morgan fingerprint density at radius 3 is 1.34 bits per heavy atom. The van der Waals surface area contributed by atoms with Gasteiger partial charge in [-0.15, -0.1) is 0 Å². The Balaban J connectivity index is 0.000000174. The van der Waals surface area contributed by atoms with Gasteiger partial charge in [0.25, 0.3) is 0 Å². The van der Waals surface area contributed by atoms with E-state index in [-0.39, 0.29) is 101 Å². The van der Waals surface area contributed by atoms with Gasteiger partial charge in [0.2, 0.25) is 0 Å². The highest BCUT2D eigenvalue weighted by Crippen LogP contribution is 2.63. The first-order chi connectivity index (χ1) is 31.1. The highest BCUT2D eigenvalue weighted by molar-refractivity contribution is 5.80. The Labute approximate surface area is 400 Å². The average Bonchev–Trinajstić information content (AvgIpc) is 4.14. The topological polar surface area (TPSA) is 184 Å². The van der Waals surface area contributed by atoms with Gasteiger partial charge in [-0.05, 0) is 150 Å². The van der Waals surface area contributed by atoms with E-state index in [1.54, 1.807) is 19.8 Å². The zero-order chi connectivity index (χ0) is 48.1. The SMILES string of the molecule is C.CC(=O)OC1COC(=O)C1.CC1C2CCC(C2)C1C.CC1C2CCC(C2)C1C.CCC(=O)OC1COC(=O)C1.CCC(C)(C)C(=O)OC12CC3CC(C1)CC(C(=O)OC1COC(=O)C1)(C3)C2. The van der Waals surface area contributed by atoms with Gasteiger partial charge in [-0.1, -0.05) is 49.0 Å². The third-order valence-corrected chi connectivity index (χ3v) is 17.5. The van der Waals surface area contributed by atoms with E-state index in [4.69, 9.17) is 23.7 Å². The van der Waals surface area contributed by atoms with E-state index >= 15 is 0 Å². The van der Waals surface area contributed by atoms with Crippen LogP contribution in [0, 0.1) is 70.0 Å². The lowest BCUT2D eigenvalue weighted by Crippen LogP contribution is -2.60. The molecule has 13 unspecified atom stereocenters. The Hall–Kier alpha value is -3.71. The van der Waals surface area contributed by atoms with Crippen LogP contribution in [0.25, 0.3) is 0 Å². The number of ether oxygens (including phenoxy) is 7. The predicted octanol–water partition coefficient (Wildman–Crippen LogP) is 9.30. The van der Waals surface area contributed by atoms with E-state index in [2.05, 4.69) is 37.2 Å². The fourth-order valence-corrected chi connectivity index (χ4v) is 13.2. The van der Waals surface area contributed by atoms with Crippen molar-refractivity contribution in [2.24, 2.45) is 70.0 Å². The molecule has 11 rings (SSSR count). The number of carbonyl (C=O) groups excluding carboxylic acids is 7. The maximum absolute atomic E-state index is 13.1. The number of hydrogen-bond acceptors (Lipinski definition) is 14. The molecule has 3 aliphatic heterocycles. The molecule has 380 valence electrons. The molecule has 0 aromatic heterocycles. The van der Waals surface area contributed by atoms with Crippen molar-refractivity contribution in [3.8, 4) is 0 Å². The standard InChI is InChI=1S/C21H30O6.2C9H16.C7H10O4.C6H8O4.CH4/c1-4-19(2,3)17(23)27-21-9-13-5-14(10-21)8-20(7-13,12-21)18(24)26-15-6-16(22)25-11-15;2*1-6-7(2)9-4-3-8(6)5-9;1-2-6(8)11-5-3-7(9)10-4-5;1-4(7)10-5-2-6(8)9-3-5;/h13-15H,4-12H2,1-3H3;2*6-9H,3-5H2,1-2H3;5H,2-4H2,1H3;5H,2-3H2,1H3;1H4. The lowest BCUT2D eigenvalue weighted by molar-refractivity contribution is -0.219. The van der Waals surface area contributed by atoms with Crippen LogP contribution in [0.2, 0.25) is 0 Å². The molecule has 0 aromatic carbocycles. The van der Waals surface area contributed by atoms with Gasteiger partial charge >= 0.3 is 41.8 Å². The molecule has 11 fully saturated rings. The van der Waals surface area contributed by atoms with Gasteiger partial charge in [0.05, 0.1) is 30.1 Å². The van der Waals surface area contributed by atoms with E-state index in [1.807, 2.05) is 20.8 Å². The Bertz CT molecular complexity index is 1690. The van der Waals surface area contributed by atoms with E-state index in [1.165, 1.54) is 32.6 Å². The zero-order valence-corrected chi connectivity index (χ0v) is 41.4. The Morgan fingerprint density at radius 2 is 1.01 bits per heavy atom. The maximum atomic E-state index is 13.1. The van der Waals surface area contributed by atoms with Crippen LogP contribution in [0.5, 0.6) is 0 Å². The average molecular weight is 945 g/mol. The number of fused-ring (bicyclic) bond motifs is 4.